The van der Waals surface area contributed by atoms with Crippen molar-refractivity contribution in [3.63, 3.8) is 0 Å². The molecule has 0 amide bonds. The van der Waals surface area contributed by atoms with Crippen LogP contribution in [0, 0.1) is 17.6 Å². The second kappa shape index (κ2) is 9.99. The van der Waals surface area contributed by atoms with Crippen LogP contribution in [0.5, 0.6) is 5.75 Å². The van der Waals surface area contributed by atoms with Gasteiger partial charge in [0, 0.05) is 43.0 Å². The molecule has 1 aromatic heterocycles. The fourth-order valence-electron chi connectivity index (χ4n) is 3.78. The third-order valence-electron chi connectivity index (χ3n) is 5.52. The molecule has 0 radical (unpaired) electrons. The van der Waals surface area contributed by atoms with Crippen molar-refractivity contribution in [2.75, 3.05) is 30.9 Å². The number of nitrogens with one attached hydrogen (secondary N) is 1. The minimum Gasteiger partial charge on any atom is -0.490 e. The average Bonchev–Trinajstić information content (AvgIpc) is 3.36. The number of fused-ring (bicyclic) bond motifs is 1. The van der Waals surface area contributed by atoms with Crippen LogP contribution in [0.25, 0.3) is 0 Å². The molecule has 11 heteroatoms. The minimum absolute atomic E-state index is 0.0129. The van der Waals surface area contributed by atoms with E-state index < -0.39 is 17.2 Å². The number of pyridine rings is 1. The highest BCUT2D eigenvalue weighted by atomic mass is 35.5. The van der Waals surface area contributed by atoms with E-state index in [0.29, 0.717) is 13.2 Å². The molecule has 3 atom stereocenters. The third-order valence-corrected chi connectivity index (χ3v) is 5.80. The first-order chi connectivity index (χ1) is 16.1. The van der Waals surface area contributed by atoms with Gasteiger partial charge in [-0.25, -0.2) is 18.8 Å². The van der Waals surface area contributed by atoms with Crippen molar-refractivity contribution in [1.82, 2.24) is 4.98 Å². The lowest BCUT2D eigenvalue weighted by Gasteiger charge is -2.18. The van der Waals surface area contributed by atoms with E-state index >= 15 is 0 Å². The van der Waals surface area contributed by atoms with Crippen LogP contribution < -0.4 is 15.8 Å². The summed E-state index contributed by atoms with van der Waals surface area (Å²) in [6, 6.07) is 3.59. The number of rotatable bonds is 8. The predicted octanol–water partition coefficient (Wildman–Crippen LogP) is 3.86. The van der Waals surface area contributed by atoms with Crippen molar-refractivity contribution in [2.45, 2.75) is 44.6 Å². The van der Waals surface area contributed by atoms with E-state index in [0.717, 1.165) is 18.6 Å². The standard InChI is InChI=1S/C23H27ClF2N4O4/c1-23(2,31)11-34-13-5-16(25)14(17(26)6-13)9-29-21-15(24)7-18(27)22(30-21)28-8-12-10-33-19-3-4-32-20(12)19/h5-8,12,19-20,31H,3-4,9-11,27H2,1-2H3,(H,29,30)/b28-8+. The molecular formula is C23H27ClF2N4O4. The van der Waals surface area contributed by atoms with E-state index in [1.54, 1.807) is 6.21 Å². The van der Waals surface area contributed by atoms with Gasteiger partial charge >= 0.3 is 0 Å². The molecule has 3 heterocycles. The van der Waals surface area contributed by atoms with Gasteiger partial charge in [0.15, 0.2) is 5.82 Å². The van der Waals surface area contributed by atoms with Gasteiger partial charge in [0.05, 0.1) is 35.1 Å². The smallest absolute Gasteiger partial charge is 0.177 e. The van der Waals surface area contributed by atoms with E-state index in [4.69, 9.17) is 31.5 Å². The summed E-state index contributed by atoms with van der Waals surface area (Å²) >= 11 is 6.23. The Labute approximate surface area is 201 Å². The maximum absolute atomic E-state index is 14.5. The molecule has 2 aromatic rings. The van der Waals surface area contributed by atoms with E-state index in [1.165, 1.54) is 19.9 Å². The molecule has 2 aliphatic heterocycles. The Balaban J connectivity index is 1.45. The summed E-state index contributed by atoms with van der Waals surface area (Å²) in [4.78, 5) is 8.71. The van der Waals surface area contributed by atoms with E-state index in [9.17, 15) is 13.9 Å². The van der Waals surface area contributed by atoms with Gasteiger partial charge in [-0.15, -0.1) is 0 Å². The van der Waals surface area contributed by atoms with Crippen molar-refractivity contribution in [2.24, 2.45) is 10.9 Å². The Morgan fingerprint density at radius 2 is 2.06 bits per heavy atom. The van der Waals surface area contributed by atoms with Gasteiger partial charge in [-0.2, -0.15) is 0 Å². The minimum atomic E-state index is -1.14. The largest absolute Gasteiger partial charge is 0.490 e. The van der Waals surface area contributed by atoms with Gasteiger partial charge in [-0.05, 0) is 26.3 Å². The summed E-state index contributed by atoms with van der Waals surface area (Å²) in [6.45, 7) is 3.89. The molecule has 1 aromatic carbocycles. The quantitative estimate of drug-likeness (QED) is 0.476. The Hall–Kier alpha value is -2.53. The zero-order chi connectivity index (χ0) is 24.5. The number of aliphatic hydroxyl groups is 1. The molecular weight excluding hydrogens is 470 g/mol. The van der Waals surface area contributed by atoms with Crippen LogP contribution in [0.2, 0.25) is 5.02 Å². The van der Waals surface area contributed by atoms with Crippen LogP contribution >= 0.6 is 11.6 Å². The summed E-state index contributed by atoms with van der Waals surface area (Å²) in [5.41, 5.74) is 4.92. The maximum Gasteiger partial charge on any atom is 0.177 e. The zero-order valence-electron chi connectivity index (χ0n) is 18.9. The predicted molar refractivity (Wildman–Crippen MR) is 125 cm³/mol. The Bertz CT molecular complexity index is 1060. The SMILES string of the molecule is CC(C)(O)COc1cc(F)c(CNc2nc(/N=C/C3COC4CCOC34)c(N)cc2Cl)c(F)c1. The number of benzene rings is 1. The lowest BCUT2D eigenvalue weighted by molar-refractivity contribution is 0.0282. The number of ether oxygens (including phenoxy) is 3. The van der Waals surface area contributed by atoms with Gasteiger partial charge in [-0.3, -0.25) is 0 Å². The van der Waals surface area contributed by atoms with Crippen molar-refractivity contribution in [3.8, 4) is 5.75 Å². The number of aliphatic imine (C=N–C) groups is 1. The van der Waals surface area contributed by atoms with E-state index in [2.05, 4.69) is 15.3 Å². The highest BCUT2D eigenvalue weighted by Gasteiger charge is 2.40. The third kappa shape index (κ3) is 5.75. The van der Waals surface area contributed by atoms with Crippen LogP contribution in [0.4, 0.5) is 26.1 Å². The number of anilines is 2. The average molecular weight is 497 g/mol. The monoisotopic (exact) mass is 496 g/mol. The summed E-state index contributed by atoms with van der Waals surface area (Å²) in [5, 5.41) is 12.7. The van der Waals surface area contributed by atoms with Gasteiger partial charge in [0.25, 0.3) is 0 Å². The lowest BCUT2D eigenvalue weighted by Crippen LogP contribution is -2.28. The molecule has 8 nitrogen and oxygen atoms in total. The van der Waals surface area contributed by atoms with Gasteiger partial charge < -0.3 is 30.4 Å². The number of halogens is 3. The number of nitrogens with two attached hydrogens (primary N) is 1. The molecule has 184 valence electrons. The van der Waals surface area contributed by atoms with Crippen LogP contribution in [-0.4, -0.2) is 53.9 Å². The Kier molecular flexibility index (Phi) is 7.22. The second-order valence-electron chi connectivity index (χ2n) is 8.99. The number of aromatic nitrogens is 1. The molecule has 0 bridgehead atoms. The molecule has 3 unspecified atom stereocenters. The summed E-state index contributed by atoms with van der Waals surface area (Å²) in [6.07, 6.45) is 2.62. The molecule has 0 saturated carbocycles. The number of hydrogen-bond acceptors (Lipinski definition) is 8. The molecule has 2 fully saturated rings. The van der Waals surface area contributed by atoms with E-state index in [1.807, 2.05) is 0 Å². The normalized spacial score (nSPS) is 22.4. The van der Waals surface area contributed by atoms with Crippen LogP contribution in [0.3, 0.4) is 0 Å². The number of nitrogens with zero attached hydrogens (tertiary/aromatic N) is 2. The van der Waals surface area contributed by atoms with Crippen LogP contribution in [-0.2, 0) is 16.0 Å². The molecule has 4 N–H and O–H groups in total. The van der Waals surface area contributed by atoms with Gasteiger partial charge in [-0.1, -0.05) is 11.6 Å². The molecule has 0 spiro atoms. The number of nitrogen functional groups attached to an aromatic ring is 1. The highest BCUT2D eigenvalue weighted by Crippen LogP contribution is 2.33. The van der Waals surface area contributed by atoms with Crippen molar-refractivity contribution in [1.29, 1.82) is 0 Å². The lowest BCUT2D eigenvalue weighted by atomic mass is 10.0. The fraction of sp³-hybridized carbons (Fsp3) is 0.478. The molecule has 4 rings (SSSR count). The van der Waals surface area contributed by atoms with Gasteiger partial charge in [0.2, 0.25) is 0 Å². The molecule has 2 saturated heterocycles. The van der Waals surface area contributed by atoms with Crippen molar-refractivity contribution in [3.05, 3.63) is 40.4 Å². The summed E-state index contributed by atoms with van der Waals surface area (Å²) in [7, 11) is 0. The van der Waals surface area contributed by atoms with Crippen LogP contribution in [0.15, 0.2) is 23.2 Å². The highest BCUT2D eigenvalue weighted by molar-refractivity contribution is 6.33. The van der Waals surface area contributed by atoms with Crippen LogP contribution in [0.1, 0.15) is 25.8 Å². The molecule has 0 aliphatic carbocycles. The zero-order valence-corrected chi connectivity index (χ0v) is 19.6. The van der Waals surface area contributed by atoms with E-state index in [-0.39, 0.29) is 64.9 Å². The van der Waals surface area contributed by atoms with Crippen molar-refractivity contribution < 1.29 is 28.1 Å². The second-order valence-corrected chi connectivity index (χ2v) is 9.40. The maximum atomic E-state index is 14.5. The van der Waals surface area contributed by atoms with Gasteiger partial charge in [0.1, 0.15) is 29.8 Å². The fourth-order valence-corrected chi connectivity index (χ4v) is 4.00. The first-order valence-corrected chi connectivity index (χ1v) is 11.3. The first kappa shape index (κ1) is 24.6. The Morgan fingerprint density at radius 3 is 2.76 bits per heavy atom. The summed E-state index contributed by atoms with van der Waals surface area (Å²) < 4.78 is 45.7. The molecule has 2 aliphatic rings. The summed E-state index contributed by atoms with van der Waals surface area (Å²) in [5.74, 6) is -1.25. The first-order valence-electron chi connectivity index (χ1n) is 10.9. The molecule has 34 heavy (non-hydrogen) atoms. The number of hydrogen-bond donors (Lipinski definition) is 3. The van der Waals surface area contributed by atoms with Crippen molar-refractivity contribution >= 4 is 35.1 Å². The topological polar surface area (TPSA) is 111 Å². The Morgan fingerprint density at radius 1 is 1.32 bits per heavy atom.